The van der Waals surface area contributed by atoms with Crippen molar-refractivity contribution in [1.29, 1.82) is 0 Å². The number of carbonyl (C=O) groups is 1. The zero-order valence-electron chi connectivity index (χ0n) is 14.9. The summed E-state index contributed by atoms with van der Waals surface area (Å²) in [5.74, 6) is -0.0204. The first kappa shape index (κ1) is 16.7. The Labute approximate surface area is 152 Å². The molecule has 1 amide bonds. The molecule has 26 heavy (non-hydrogen) atoms. The highest BCUT2D eigenvalue weighted by Crippen LogP contribution is 2.19. The van der Waals surface area contributed by atoms with Gasteiger partial charge in [0.2, 0.25) is 0 Å². The molecule has 1 aliphatic heterocycles. The number of carbonyl (C=O) groups excluding carboxylic acids is 1. The Hall–Kier alpha value is -2.73. The molecule has 0 bridgehead atoms. The van der Waals surface area contributed by atoms with Crippen LogP contribution in [0.4, 0.5) is 0 Å². The number of piperidine rings is 1. The first-order valence-electron chi connectivity index (χ1n) is 9.05. The number of amides is 1. The Balaban J connectivity index is 1.50. The predicted octanol–water partition coefficient (Wildman–Crippen LogP) is 2.63. The minimum absolute atomic E-state index is 0.0204. The zero-order valence-corrected chi connectivity index (χ0v) is 14.9. The molecule has 1 saturated heterocycles. The van der Waals surface area contributed by atoms with Crippen LogP contribution in [0.3, 0.4) is 0 Å². The van der Waals surface area contributed by atoms with Gasteiger partial charge in [-0.15, -0.1) is 0 Å². The predicted molar refractivity (Wildman–Crippen MR) is 101 cm³/mol. The third-order valence-electron chi connectivity index (χ3n) is 4.96. The summed E-state index contributed by atoms with van der Waals surface area (Å²) in [5.41, 5.74) is 2.62. The monoisotopic (exact) mass is 349 g/mol. The van der Waals surface area contributed by atoms with E-state index in [9.17, 15) is 4.79 Å². The van der Waals surface area contributed by atoms with Gasteiger partial charge in [0.05, 0.1) is 23.3 Å². The number of para-hydroxylation sites is 1. The molecule has 0 aliphatic carbocycles. The Morgan fingerprint density at radius 3 is 3.08 bits per heavy atom. The molecular formula is C20H23N5O. The van der Waals surface area contributed by atoms with Crippen LogP contribution in [0.2, 0.25) is 0 Å². The second kappa shape index (κ2) is 7.25. The minimum atomic E-state index is -0.0204. The van der Waals surface area contributed by atoms with Crippen molar-refractivity contribution in [3.8, 4) is 0 Å². The van der Waals surface area contributed by atoms with Crippen LogP contribution in [0.15, 0.2) is 48.9 Å². The second-order valence-corrected chi connectivity index (χ2v) is 6.86. The largest absolute Gasteiger partial charge is 0.337 e. The summed E-state index contributed by atoms with van der Waals surface area (Å²) in [6.45, 7) is 2.49. The van der Waals surface area contributed by atoms with Crippen molar-refractivity contribution in [2.24, 2.45) is 0 Å². The molecule has 1 N–H and O–H groups in total. The molecule has 1 aromatic carbocycles. The maximum Gasteiger partial charge on any atom is 0.257 e. The standard InChI is InChI=1S/C20H23N5O/c1-24(13-16-6-2-5-15-7-3-10-22-19(15)16)20(26)17-11-23-25(14-17)18-8-4-9-21-12-18/h2-3,5-7,10-11,14,18,21H,4,8-9,12-13H2,1H3. The Morgan fingerprint density at radius 1 is 1.35 bits per heavy atom. The number of aromatic nitrogens is 3. The van der Waals surface area contributed by atoms with Crippen molar-refractivity contribution < 1.29 is 4.79 Å². The molecular weight excluding hydrogens is 326 g/mol. The molecule has 0 saturated carbocycles. The quantitative estimate of drug-likeness (QED) is 0.786. The van der Waals surface area contributed by atoms with Crippen LogP contribution in [0.5, 0.6) is 0 Å². The van der Waals surface area contributed by atoms with Gasteiger partial charge in [0.25, 0.3) is 5.91 Å². The van der Waals surface area contributed by atoms with Crippen molar-refractivity contribution in [2.45, 2.75) is 25.4 Å². The second-order valence-electron chi connectivity index (χ2n) is 6.86. The SMILES string of the molecule is CN(Cc1cccc2cccnc12)C(=O)c1cnn(C2CCCNC2)c1. The molecule has 0 radical (unpaired) electrons. The zero-order chi connectivity index (χ0) is 17.9. The summed E-state index contributed by atoms with van der Waals surface area (Å²) in [7, 11) is 1.82. The third-order valence-corrected chi connectivity index (χ3v) is 4.96. The molecule has 6 nitrogen and oxygen atoms in total. The van der Waals surface area contributed by atoms with E-state index in [0.29, 0.717) is 18.2 Å². The highest BCUT2D eigenvalue weighted by Gasteiger charge is 2.19. The molecule has 3 heterocycles. The summed E-state index contributed by atoms with van der Waals surface area (Å²) in [5, 5.41) is 8.88. The van der Waals surface area contributed by atoms with E-state index in [4.69, 9.17) is 0 Å². The average Bonchev–Trinajstić information content (AvgIpc) is 3.18. The lowest BCUT2D eigenvalue weighted by molar-refractivity contribution is 0.0785. The van der Waals surface area contributed by atoms with Crippen LogP contribution in [0, 0.1) is 0 Å². The number of pyridine rings is 1. The molecule has 134 valence electrons. The number of hydrogen-bond acceptors (Lipinski definition) is 4. The van der Waals surface area contributed by atoms with Gasteiger partial charge in [-0.25, -0.2) is 0 Å². The molecule has 1 aliphatic rings. The van der Waals surface area contributed by atoms with Gasteiger partial charge in [-0.05, 0) is 31.0 Å². The number of hydrogen-bond donors (Lipinski definition) is 1. The van der Waals surface area contributed by atoms with E-state index in [-0.39, 0.29) is 5.91 Å². The number of rotatable bonds is 4. The fourth-order valence-electron chi connectivity index (χ4n) is 3.55. The van der Waals surface area contributed by atoms with Crippen molar-refractivity contribution in [3.05, 3.63) is 60.0 Å². The van der Waals surface area contributed by atoms with E-state index in [1.165, 1.54) is 0 Å². The van der Waals surface area contributed by atoms with Crippen LogP contribution in [-0.2, 0) is 6.54 Å². The number of benzene rings is 1. The van der Waals surface area contributed by atoms with Crippen molar-refractivity contribution >= 4 is 16.8 Å². The Bertz CT molecular complexity index is 908. The van der Waals surface area contributed by atoms with Gasteiger partial charge in [0, 0.05) is 37.9 Å². The summed E-state index contributed by atoms with van der Waals surface area (Å²) >= 11 is 0. The smallest absolute Gasteiger partial charge is 0.257 e. The van der Waals surface area contributed by atoms with Gasteiger partial charge < -0.3 is 10.2 Å². The lowest BCUT2D eigenvalue weighted by atomic mass is 10.1. The van der Waals surface area contributed by atoms with Crippen LogP contribution in [-0.4, -0.2) is 45.7 Å². The van der Waals surface area contributed by atoms with E-state index >= 15 is 0 Å². The van der Waals surface area contributed by atoms with Gasteiger partial charge in [0.15, 0.2) is 0 Å². The lowest BCUT2D eigenvalue weighted by Gasteiger charge is -2.23. The Kier molecular flexibility index (Phi) is 4.67. The molecule has 0 spiro atoms. The molecule has 3 aromatic rings. The molecule has 2 aromatic heterocycles. The first-order chi connectivity index (χ1) is 12.7. The van der Waals surface area contributed by atoms with Gasteiger partial charge >= 0.3 is 0 Å². The summed E-state index contributed by atoms with van der Waals surface area (Å²) in [4.78, 5) is 19.0. The van der Waals surface area contributed by atoms with E-state index in [1.807, 2.05) is 48.3 Å². The van der Waals surface area contributed by atoms with Crippen LogP contribution < -0.4 is 5.32 Å². The van der Waals surface area contributed by atoms with Gasteiger partial charge in [-0.3, -0.25) is 14.5 Å². The number of nitrogens with one attached hydrogen (secondary N) is 1. The van der Waals surface area contributed by atoms with E-state index in [1.54, 1.807) is 17.3 Å². The highest BCUT2D eigenvalue weighted by atomic mass is 16.2. The van der Waals surface area contributed by atoms with Crippen molar-refractivity contribution in [2.75, 3.05) is 20.1 Å². The van der Waals surface area contributed by atoms with Gasteiger partial charge in [0.1, 0.15) is 0 Å². The maximum absolute atomic E-state index is 12.8. The normalized spacial score (nSPS) is 17.3. The average molecular weight is 349 g/mol. The fraction of sp³-hybridized carbons (Fsp3) is 0.350. The summed E-state index contributed by atoms with van der Waals surface area (Å²) in [6.07, 6.45) is 7.57. The molecule has 1 unspecified atom stereocenters. The maximum atomic E-state index is 12.8. The molecule has 6 heteroatoms. The first-order valence-corrected chi connectivity index (χ1v) is 9.05. The lowest BCUT2D eigenvalue weighted by Crippen LogP contribution is -2.32. The molecule has 1 atom stereocenters. The summed E-state index contributed by atoms with van der Waals surface area (Å²) < 4.78 is 1.92. The number of nitrogens with zero attached hydrogens (tertiary/aromatic N) is 4. The van der Waals surface area contributed by atoms with E-state index in [2.05, 4.69) is 15.4 Å². The van der Waals surface area contributed by atoms with Crippen molar-refractivity contribution in [1.82, 2.24) is 25.0 Å². The Morgan fingerprint density at radius 2 is 2.23 bits per heavy atom. The minimum Gasteiger partial charge on any atom is -0.337 e. The van der Waals surface area contributed by atoms with Crippen molar-refractivity contribution in [3.63, 3.8) is 0 Å². The van der Waals surface area contributed by atoms with Crippen LogP contribution >= 0.6 is 0 Å². The van der Waals surface area contributed by atoms with E-state index in [0.717, 1.165) is 42.4 Å². The van der Waals surface area contributed by atoms with Gasteiger partial charge in [-0.2, -0.15) is 5.10 Å². The summed E-state index contributed by atoms with van der Waals surface area (Å²) in [6, 6.07) is 10.4. The van der Waals surface area contributed by atoms with Crippen LogP contribution in [0.1, 0.15) is 34.8 Å². The van der Waals surface area contributed by atoms with Gasteiger partial charge in [-0.1, -0.05) is 24.3 Å². The third kappa shape index (κ3) is 3.32. The highest BCUT2D eigenvalue weighted by molar-refractivity contribution is 5.93. The fourth-order valence-corrected chi connectivity index (χ4v) is 3.55. The molecule has 4 rings (SSSR count). The topological polar surface area (TPSA) is 63.1 Å². The van der Waals surface area contributed by atoms with Crippen LogP contribution in [0.25, 0.3) is 10.9 Å². The van der Waals surface area contributed by atoms with E-state index < -0.39 is 0 Å². The molecule has 1 fully saturated rings. The number of fused-ring (bicyclic) bond motifs is 1.